The molecule has 3 N–H and O–H groups in total. The molecule has 1 heterocycles. The van der Waals surface area contributed by atoms with Crippen LogP contribution in [0.1, 0.15) is 30.9 Å². The summed E-state index contributed by atoms with van der Waals surface area (Å²) in [5, 5.41) is 9.18. The van der Waals surface area contributed by atoms with Crippen LogP contribution in [0.5, 0.6) is 0 Å². The van der Waals surface area contributed by atoms with Crippen molar-refractivity contribution in [1.29, 1.82) is 0 Å². The zero-order valence-electron chi connectivity index (χ0n) is 17.7. The molecular formula is C24H25F3N4O. The van der Waals surface area contributed by atoms with Crippen LogP contribution in [0.3, 0.4) is 0 Å². The summed E-state index contributed by atoms with van der Waals surface area (Å²) < 4.78 is 39.6. The highest BCUT2D eigenvalue weighted by atomic mass is 19.2. The molecule has 0 saturated carbocycles. The van der Waals surface area contributed by atoms with Crippen molar-refractivity contribution >= 4 is 23.2 Å². The van der Waals surface area contributed by atoms with Crippen LogP contribution in [0.15, 0.2) is 54.6 Å². The van der Waals surface area contributed by atoms with Crippen molar-refractivity contribution in [3.63, 3.8) is 0 Å². The van der Waals surface area contributed by atoms with Crippen LogP contribution >= 0.6 is 0 Å². The highest BCUT2D eigenvalue weighted by molar-refractivity contribution is 5.95. The van der Waals surface area contributed by atoms with Crippen molar-refractivity contribution in [3.05, 3.63) is 83.2 Å². The maximum Gasteiger partial charge on any atom is 0.228 e. The van der Waals surface area contributed by atoms with E-state index in [-0.39, 0.29) is 18.1 Å². The van der Waals surface area contributed by atoms with Gasteiger partial charge in [0.2, 0.25) is 5.91 Å². The summed E-state index contributed by atoms with van der Waals surface area (Å²) in [6.07, 6.45) is 1.82. The number of carbonyl (C=O) groups excluding carboxylic acids is 1. The first-order chi connectivity index (χ1) is 15.4. The van der Waals surface area contributed by atoms with Crippen LogP contribution in [0, 0.1) is 17.5 Å². The fraction of sp³-hybridized carbons (Fsp3) is 0.250. The molecule has 0 atom stereocenters. The van der Waals surface area contributed by atoms with E-state index < -0.39 is 11.6 Å². The summed E-state index contributed by atoms with van der Waals surface area (Å²) in [6.45, 7) is 3.21. The monoisotopic (exact) mass is 442 g/mol. The van der Waals surface area contributed by atoms with Gasteiger partial charge >= 0.3 is 0 Å². The largest absolute Gasteiger partial charge is 0.368 e. The minimum absolute atomic E-state index is 0.101. The number of rotatable bonds is 10. The highest BCUT2D eigenvalue weighted by Gasteiger charge is 2.12. The molecule has 0 aliphatic rings. The Morgan fingerprint density at radius 1 is 0.906 bits per heavy atom. The maximum atomic E-state index is 13.4. The van der Waals surface area contributed by atoms with Gasteiger partial charge in [-0.05, 0) is 53.9 Å². The summed E-state index contributed by atoms with van der Waals surface area (Å²) >= 11 is 0. The van der Waals surface area contributed by atoms with Gasteiger partial charge in [0.15, 0.2) is 17.5 Å². The van der Waals surface area contributed by atoms with Crippen molar-refractivity contribution in [2.45, 2.75) is 32.7 Å². The second-order valence-electron chi connectivity index (χ2n) is 7.33. The number of hydrogen-bond acceptors (Lipinski definition) is 4. The molecule has 0 saturated heterocycles. The van der Waals surface area contributed by atoms with Gasteiger partial charge in [0, 0.05) is 13.1 Å². The first-order valence-corrected chi connectivity index (χ1v) is 10.4. The Hall–Kier alpha value is -3.55. The summed E-state index contributed by atoms with van der Waals surface area (Å²) in [7, 11) is 0. The topological polar surface area (TPSA) is 66.1 Å². The van der Waals surface area contributed by atoms with Gasteiger partial charge in [0.1, 0.15) is 11.6 Å². The molecule has 0 radical (unpaired) electrons. The van der Waals surface area contributed by atoms with Gasteiger partial charge in [-0.3, -0.25) is 4.79 Å². The summed E-state index contributed by atoms with van der Waals surface area (Å²) in [6, 6.07) is 13.0. The number of pyridine rings is 1. The molecular weight excluding hydrogens is 417 g/mol. The molecule has 32 heavy (non-hydrogen) atoms. The van der Waals surface area contributed by atoms with Crippen LogP contribution in [-0.4, -0.2) is 17.4 Å². The van der Waals surface area contributed by atoms with E-state index in [0.717, 1.165) is 30.5 Å². The molecule has 3 rings (SSSR count). The predicted octanol–water partition coefficient (Wildman–Crippen LogP) is 5.50. The predicted molar refractivity (Wildman–Crippen MR) is 120 cm³/mol. The van der Waals surface area contributed by atoms with E-state index >= 15 is 0 Å². The Balaban J connectivity index is 1.69. The molecule has 0 aliphatic carbocycles. The van der Waals surface area contributed by atoms with E-state index in [9.17, 15) is 18.0 Å². The quantitative estimate of drug-likeness (QED) is 0.363. The first-order valence-electron chi connectivity index (χ1n) is 10.4. The Morgan fingerprint density at radius 3 is 2.38 bits per heavy atom. The van der Waals surface area contributed by atoms with Crippen LogP contribution in [0.4, 0.5) is 30.5 Å². The van der Waals surface area contributed by atoms with Crippen LogP contribution in [0.2, 0.25) is 0 Å². The smallest absolute Gasteiger partial charge is 0.228 e. The van der Waals surface area contributed by atoms with Crippen LogP contribution in [-0.2, 0) is 17.8 Å². The summed E-state index contributed by atoms with van der Waals surface area (Å²) in [5.41, 5.74) is 1.76. The molecule has 5 nitrogen and oxygen atoms in total. The number of amides is 1. The Bertz CT molecular complexity index is 1060. The molecule has 0 bridgehead atoms. The van der Waals surface area contributed by atoms with Crippen molar-refractivity contribution < 1.29 is 18.0 Å². The van der Waals surface area contributed by atoms with Crippen molar-refractivity contribution in [3.8, 4) is 0 Å². The molecule has 168 valence electrons. The van der Waals surface area contributed by atoms with E-state index in [1.165, 1.54) is 18.2 Å². The summed E-state index contributed by atoms with van der Waals surface area (Å²) in [4.78, 5) is 17.0. The number of nitrogens with zero attached hydrogens (tertiary/aromatic N) is 1. The molecule has 1 amide bonds. The third-order valence-corrected chi connectivity index (χ3v) is 4.73. The van der Waals surface area contributed by atoms with E-state index in [1.54, 1.807) is 24.3 Å². The number of unbranched alkanes of at least 4 members (excludes halogenated alkanes) is 1. The SMILES string of the molecule is CCCCNc1nc(NCc2ccc(F)cc2)ccc1NC(=O)Cc1ccc(F)c(F)c1. The summed E-state index contributed by atoms with van der Waals surface area (Å²) in [5.74, 6) is -1.52. The fourth-order valence-corrected chi connectivity index (χ4v) is 3.00. The molecule has 8 heteroatoms. The molecule has 0 spiro atoms. The number of hydrogen-bond donors (Lipinski definition) is 3. The molecule has 2 aromatic carbocycles. The maximum absolute atomic E-state index is 13.4. The minimum atomic E-state index is -0.990. The molecule has 0 unspecified atom stereocenters. The second-order valence-corrected chi connectivity index (χ2v) is 7.33. The lowest BCUT2D eigenvalue weighted by Gasteiger charge is -2.15. The lowest BCUT2D eigenvalue weighted by Crippen LogP contribution is -2.17. The van der Waals surface area contributed by atoms with Gasteiger partial charge in [-0.1, -0.05) is 31.5 Å². The number of benzene rings is 2. The zero-order chi connectivity index (χ0) is 22.9. The lowest BCUT2D eigenvalue weighted by molar-refractivity contribution is -0.115. The zero-order valence-corrected chi connectivity index (χ0v) is 17.7. The number of nitrogens with one attached hydrogen (secondary N) is 3. The molecule has 0 fully saturated rings. The number of anilines is 3. The van der Waals surface area contributed by atoms with Gasteiger partial charge < -0.3 is 16.0 Å². The fourth-order valence-electron chi connectivity index (χ4n) is 3.00. The number of halogens is 3. The molecule has 1 aromatic heterocycles. The van der Waals surface area contributed by atoms with E-state index in [1.807, 2.05) is 0 Å². The Labute approximate surface area is 185 Å². The third-order valence-electron chi connectivity index (χ3n) is 4.73. The van der Waals surface area contributed by atoms with Gasteiger partial charge in [-0.25, -0.2) is 18.2 Å². The Kier molecular flexibility index (Phi) is 8.08. The van der Waals surface area contributed by atoms with Gasteiger partial charge in [0.25, 0.3) is 0 Å². The van der Waals surface area contributed by atoms with Crippen molar-refractivity contribution in [2.75, 3.05) is 22.5 Å². The number of carbonyl (C=O) groups is 1. The van der Waals surface area contributed by atoms with Gasteiger partial charge in [0.05, 0.1) is 12.1 Å². The number of aromatic nitrogens is 1. The average molecular weight is 442 g/mol. The Morgan fingerprint density at radius 2 is 1.66 bits per heavy atom. The van der Waals surface area contributed by atoms with E-state index in [2.05, 4.69) is 27.9 Å². The average Bonchev–Trinajstić information content (AvgIpc) is 2.77. The van der Waals surface area contributed by atoms with Crippen LogP contribution < -0.4 is 16.0 Å². The minimum Gasteiger partial charge on any atom is -0.368 e. The van der Waals surface area contributed by atoms with Crippen molar-refractivity contribution in [1.82, 2.24) is 4.98 Å². The standard InChI is InChI=1S/C24H25F3N4O/c1-2-3-12-28-24-21(30-23(32)14-17-6-9-19(26)20(27)13-17)10-11-22(31-24)29-15-16-4-7-18(25)8-5-16/h4-11,13H,2-3,12,14-15H2,1H3,(H,30,32)(H2,28,29,31). The van der Waals surface area contributed by atoms with E-state index in [4.69, 9.17) is 0 Å². The molecule has 0 aliphatic heterocycles. The van der Waals surface area contributed by atoms with Crippen molar-refractivity contribution in [2.24, 2.45) is 0 Å². The third kappa shape index (κ3) is 6.73. The van der Waals surface area contributed by atoms with Crippen LogP contribution in [0.25, 0.3) is 0 Å². The van der Waals surface area contributed by atoms with Gasteiger partial charge in [-0.15, -0.1) is 0 Å². The first kappa shape index (κ1) is 23.1. The van der Waals surface area contributed by atoms with Gasteiger partial charge in [-0.2, -0.15) is 0 Å². The second kappa shape index (κ2) is 11.2. The van der Waals surface area contributed by atoms with E-state index in [0.29, 0.717) is 36.0 Å². The molecule has 3 aromatic rings. The normalized spacial score (nSPS) is 10.6. The lowest BCUT2D eigenvalue weighted by atomic mass is 10.1. The highest BCUT2D eigenvalue weighted by Crippen LogP contribution is 2.23.